The summed E-state index contributed by atoms with van der Waals surface area (Å²) in [5.74, 6) is 2.49. The van der Waals surface area contributed by atoms with E-state index in [0.717, 1.165) is 28.8 Å². The predicted octanol–water partition coefficient (Wildman–Crippen LogP) is 5.26. The Bertz CT molecular complexity index is 1290. The van der Waals surface area contributed by atoms with Crippen LogP contribution >= 0.6 is 0 Å². The monoisotopic (exact) mass is 520 g/mol. The summed E-state index contributed by atoms with van der Waals surface area (Å²) in [7, 11) is 5.21. The smallest absolute Gasteiger partial charge is 0.195 e. The van der Waals surface area contributed by atoms with E-state index in [1.807, 2.05) is 39.2 Å². The number of hydrogen-bond donors (Lipinski definition) is 0. The minimum absolute atomic E-state index is 0.0447. The molecule has 3 aliphatic carbocycles. The van der Waals surface area contributed by atoms with Crippen molar-refractivity contribution in [2.45, 2.75) is 58.1 Å². The summed E-state index contributed by atoms with van der Waals surface area (Å²) < 4.78 is 25.4. The summed E-state index contributed by atoms with van der Waals surface area (Å²) in [4.78, 5) is 18.7. The molecule has 0 radical (unpaired) electrons. The standard InChI is InChI=1S/C31H40N2O5/c1-18(2)38-26-15-23-24(16-25(26)37-13-12-36-7)31(3,4)30-27(29(23)34)20-9-8-19(17-32-5)21-14-22(21)28(20)33(30)10-11-35-6/h8-9,15-19,21-22H,10-14H2,1-7H3/b32-17+. The average molecular weight is 521 g/mol. The third kappa shape index (κ3) is 4.39. The molecule has 3 atom stereocenters. The number of ketones is 1. The number of nitrogens with zero attached hydrogens (tertiary/aromatic N) is 2. The quantitative estimate of drug-likeness (QED) is 0.316. The van der Waals surface area contributed by atoms with Crippen LogP contribution in [0.5, 0.6) is 11.5 Å². The van der Waals surface area contributed by atoms with E-state index in [-0.39, 0.29) is 11.9 Å². The third-order valence-electron chi connectivity index (χ3n) is 8.08. The molecule has 0 spiro atoms. The van der Waals surface area contributed by atoms with Gasteiger partial charge in [0.25, 0.3) is 0 Å². The summed E-state index contributed by atoms with van der Waals surface area (Å²) in [6, 6.07) is 3.89. The molecule has 5 rings (SSSR count). The van der Waals surface area contributed by atoms with Gasteiger partial charge >= 0.3 is 0 Å². The number of allylic oxidation sites excluding steroid dienone is 1. The lowest BCUT2D eigenvalue weighted by Gasteiger charge is -2.35. The van der Waals surface area contributed by atoms with Gasteiger partial charge in [0.2, 0.25) is 0 Å². The molecule has 3 aliphatic rings. The second-order valence-corrected chi connectivity index (χ2v) is 11.3. The molecule has 0 saturated heterocycles. The van der Waals surface area contributed by atoms with Crippen LogP contribution in [0.25, 0.3) is 6.08 Å². The van der Waals surface area contributed by atoms with Gasteiger partial charge < -0.3 is 28.5 Å². The summed E-state index contributed by atoms with van der Waals surface area (Å²) in [6.07, 6.45) is 7.50. The number of benzene rings is 1. The van der Waals surface area contributed by atoms with Crippen LogP contribution in [0.1, 0.15) is 78.5 Å². The average Bonchev–Trinajstić information content (AvgIpc) is 3.60. The highest BCUT2D eigenvalue weighted by atomic mass is 16.5. The summed E-state index contributed by atoms with van der Waals surface area (Å²) in [6.45, 7) is 10.5. The van der Waals surface area contributed by atoms with Crippen LogP contribution in [-0.2, 0) is 21.4 Å². The fourth-order valence-corrected chi connectivity index (χ4v) is 6.38. The van der Waals surface area contributed by atoms with Gasteiger partial charge in [-0.1, -0.05) is 26.0 Å². The molecular formula is C31H40N2O5. The van der Waals surface area contributed by atoms with Gasteiger partial charge in [-0.25, -0.2) is 0 Å². The second-order valence-electron chi connectivity index (χ2n) is 11.3. The summed E-state index contributed by atoms with van der Waals surface area (Å²) in [5, 5.41) is 0. The van der Waals surface area contributed by atoms with Crippen LogP contribution < -0.4 is 9.47 Å². The molecule has 1 aromatic carbocycles. The van der Waals surface area contributed by atoms with E-state index in [9.17, 15) is 4.79 Å². The molecule has 0 bridgehead atoms. The maximum Gasteiger partial charge on any atom is 0.195 e. The van der Waals surface area contributed by atoms with Gasteiger partial charge in [0, 0.05) is 73.8 Å². The maximum atomic E-state index is 14.4. The van der Waals surface area contributed by atoms with Gasteiger partial charge in [-0.2, -0.15) is 0 Å². The lowest BCUT2D eigenvalue weighted by atomic mass is 9.70. The number of carbonyl (C=O) groups is 1. The number of hydrogen-bond acceptors (Lipinski definition) is 6. The van der Waals surface area contributed by atoms with Gasteiger partial charge in [-0.3, -0.25) is 4.79 Å². The molecule has 0 amide bonds. The fraction of sp³-hybridized carbons (Fsp3) is 0.548. The molecule has 2 aromatic rings. The van der Waals surface area contributed by atoms with E-state index in [1.54, 1.807) is 14.2 Å². The van der Waals surface area contributed by atoms with Gasteiger partial charge in [0.1, 0.15) is 6.61 Å². The van der Waals surface area contributed by atoms with Gasteiger partial charge in [0.15, 0.2) is 17.3 Å². The number of rotatable bonds is 10. The highest BCUT2D eigenvalue weighted by molar-refractivity contribution is 6.15. The molecule has 38 heavy (non-hydrogen) atoms. The molecule has 1 aromatic heterocycles. The van der Waals surface area contributed by atoms with E-state index >= 15 is 0 Å². The molecule has 0 N–H and O–H groups in total. The molecule has 7 heteroatoms. The predicted molar refractivity (Wildman–Crippen MR) is 149 cm³/mol. The first-order valence-electron chi connectivity index (χ1n) is 13.6. The zero-order valence-corrected chi connectivity index (χ0v) is 23.7. The Balaban J connectivity index is 1.70. The maximum absolute atomic E-state index is 14.4. The van der Waals surface area contributed by atoms with Crippen molar-refractivity contribution < 1.29 is 23.7 Å². The number of aliphatic imine (C=N–C) groups is 1. The Kier molecular flexibility index (Phi) is 7.27. The van der Waals surface area contributed by atoms with Crippen LogP contribution in [0.2, 0.25) is 0 Å². The van der Waals surface area contributed by atoms with Gasteiger partial charge in [-0.05, 0) is 43.9 Å². The van der Waals surface area contributed by atoms with E-state index in [4.69, 9.17) is 18.9 Å². The van der Waals surface area contributed by atoms with Crippen molar-refractivity contribution in [3.63, 3.8) is 0 Å². The SMILES string of the molecule is C/N=C/C1C=Cc2c3c(n(CCOC)c2C2CC12)C(C)(C)c1cc(OCCOC)c(OC(C)C)cc1C3=O. The number of ether oxygens (including phenoxy) is 4. The van der Waals surface area contributed by atoms with E-state index in [1.165, 1.54) is 5.69 Å². The first-order chi connectivity index (χ1) is 18.2. The van der Waals surface area contributed by atoms with Gasteiger partial charge in [0.05, 0.1) is 24.9 Å². The summed E-state index contributed by atoms with van der Waals surface area (Å²) in [5.41, 5.74) is 5.41. The Morgan fingerprint density at radius 2 is 1.89 bits per heavy atom. The van der Waals surface area contributed by atoms with Crippen molar-refractivity contribution in [3.05, 3.63) is 51.9 Å². The Morgan fingerprint density at radius 1 is 1.13 bits per heavy atom. The highest BCUT2D eigenvalue weighted by Gasteiger charge is 2.51. The van der Waals surface area contributed by atoms with Crippen molar-refractivity contribution in [1.29, 1.82) is 0 Å². The van der Waals surface area contributed by atoms with Crippen molar-refractivity contribution >= 4 is 18.1 Å². The molecular weight excluding hydrogens is 480 g/mol. The Labute approximate surface area is 225 Å². The van der Waals surface area contributed by atoms with Crippen LogP contribution in [0.3, 0.4) is 0 Å². The number of aromatic nitrogens is 1. The fourth-order valence-electron chi connectivity index (χ4n) is 6.38. The van der Waals surface area contributed by atoms with E-state index < -0.39 is 5.41 Å². The number of methoxy groups -OCH3 is 2. The Hall–Kier alpha value is -2.90. The minimum atomic E-state index is -0.434. The van der Waals surface area contributed by atoms with Crippen molar-refractivity contribution in [2.24, 2.45) is 16.8 Å². The number of carbonyl (C=O) groups excluding carboxylic acids is 1. The molecule has 1 heterocycles. The second kappa shape index (κ2) is 10.3. The van der Waals surface area contributed by atoms with Gasteiger partial charge in [-0.15, -0.1) is 0 Å². The van der Waals surface area contributed by atoms with Crippen LogP contribution in [-0.4, -0.2) is 63.8 Å². The lowest BCUT2D eigenvalue weighted by Crippen LogP contribution is -2.33. The molecule has 7 nitrogen and oxygen atoms in total. The molecule has 1 saturated carbocycles. The highest BCUT2D eigenvalue weighted by Crippen LogP contribution is 2.58. The van der Waals surface area contributed by atoms with Crippen molar-refractivity contribution in [2.75, 3.05) is 41.1 Å². The minimum Gasteiger partial charge on any atom is -0.487 e. The van der Waals surface area contributed by atoms with E-state index in [0.29, 0.717) is 61.2 Å². The largest absolute Gasteiger partial charge is 0.487 e. The van der Waals surface area contributed by atoms with E-state index in [2.05, 4.69) is 35.6 Å². The topological polar surface area (TPSA) is 71.3 Å². The normalized spacial score (nSPS) is 22.6. The zero-order valence-electron chi connectivity index (χ0n) is 23.7. The van der Waals surface area contributed by atoms with Crippen molar-refractivity contribution in [3.8, 4) is 11.5 Å². The molecule has 3 unspecified atom stereocenters. The third-order valence-corrected chi connectivity index (χ3v) is 8.08. The molecule has 1 fully saturated rings. The van der Waals surface area contributed by atoms with Crippen molar-refractivity contribution in [1.82, 2.24) is 4.57 Å². The first kappa shape index (κ1) is 26.7. The van der Waals surface area contributed by atoms with Crippen LogP contribution in [0.15, 0.2) is 23.2 Å². The molecule has 0 aliphatic heterocycles. The lowest BCUT2D eigenvalue weighted by molar-refractivity contribution is 0.102. The van der Waals surface area contributed by atoms with Crippen LogP contribution in [0.4, 0.5) is 0 Å². The van der Waals surface area contributed by atoms with Crippen LogP contribution in [0, 0.1) is 11.8 Å². The number of fused-ring (bicyclic) bond motifs is 6. The first-order valence-corrected chi connectivity index (χ1v) is 13.6. The zero-order chi connectivity index (χ0) is 27.2. The summed E-state index contributed by atoms with van der Waals surface area (Å²) >= 11 is 0. The Morgan fingerprint density at radius 3 is 2.58 bits per heavy atom. The molecule has 204 valence electrons.